The largest absolute Gasteiger partial charge is 0.393 e. The number of nitrogens with one attached hydrogen (secondary N) is 2. The van der Waals surface area contributed by atoms with Gasteiger partial charge in [0.05, 0.1) is 12.7 Å². The molecule has 6 nitrogen and oxygen atoms in total. The molecule has 1 saturated heterocycles. The maximum Gasteiger partial charge on any atom is 0.246 e. The van der Waals surface area contributed by atoms with Gasteiger partial charge in [-0.25, -0.2) is 0 Å². The Balaban J connectivity index is 2.12. The van der Waals surface area contributed by atoms with Crippen LogP contribution in [0.15, 0.2) is 0 Å². The number of aliphatic hydroxyl groups is 2. The summed E-state index contributed by atoms with van der Waals surface area (Å²) in [6.45, 7) is 2.95. The van der Waals surface area contributed by atoms with Crippen molar-refractivity contribution in [1.82, 2.24) is 10.6 Å². The predicted molar refractivity (Wildman–Crippen MR) is 62.6 cm³/mol. The van der Waals surface area contributed by atoms with Crippen LogP contribution in [-0.4, -0.2) is 60.7 Å². The lowest BCUT2D eigenvalue weighted by Crippen LogP contribution is -2.44. The van der Waals surface area contributed by atoms with Crippen LogP contribution in [0.1, 0.15) is 19.8 Å². The molecular formula is C11H22N2O4. The minimum atomic E-state index is -1.27. The van der Waals surface area contributed by atoms with Crippen LogP contribution in [0, 0.1) is 0 Å². The molecule has 17 heavy (non-hydrogen) atoms. The van der Waals surface area contributed by atoms with E-state index in [1.807, 2.05) is 0 Å². The fourth-order valence-corrected chi connectivity index (χ4v) is 1.55. The zero-order valence-electron chi connectivity index (χ0n) is 10.2. The molecule has 6 heteroatoms. The van der Waals surface area contributed by atoms with Gasteiger partial charge in [0, 0.05) is 6.54 Å². The zero-order chi connectivity index (χ0) is 12.7. The summed E-state index contributed by atoms with van der Waals surface area (Å²) >= 11 is 0. The smallest absolute Gasteiger partial charge is 0.246 e. The van der Waals surface area contributed by atoms with Crippen LogP contribution in [0.3, 0.4) is 0 Å². The Morgan fingerprint density at radius 1 is 1.53 bits per heavy atom. The molecule has 100 valence electrons. The average Bonchev–Trinajstić information content (AvgIpc) is 2.35. The van der Waals surface area contributed by atoms with Crippen LogP contribution in [0.2, 0.25) is 0 Å². The predicted octanol–water partition coefficient (Wildman–Crippen LogP) is -1.39. The van der Waals surface area contributed by atoms with E-state index in [-0.39, 0.29) is 31.8 Å². The molecule has 4 N–H and O–H groups in total. The lowest BCUT2D eigenvalue weighted by Gasteiger charge is -2.23. The van der Waals surface area contributed by atoms with Gasteiger partial charge in [0.15, 0.2) is 0 Å². The van der Waals surface area contributed by atoms with E-state index >= 15 is 0 Å². The van der Waals surface area contributed by atoms with Crippen LogP contribution >= 0.6 is 0 Å². The molecule has 1 rings (SSSR count). The number of amides is 1. The summed E-state index contributed by atoms with van der Waals surface area (Å²) in [5.41, 5.74) is -1.27. The van der Waals surface area contributed by atoms with E-state index in [1.54, 1.807) is 0 Å². The Morgan fingerprint density at radius 3 is 2.76 bits per heavy atom. The molecule has 1 fully saturated rings. The van der Waals surface area contributed by atoms with Crippen LogP contribution in [0.4, 0.5) is 0 Å². The Hall–Kier alpha value is -0.690. The van der Waals surface area contributed by atoms with Crippen molar-refractivity contribution in [1.29, 1.82) is 0 Å². The molecular weight excluding hydrogens is 224 g/mol. The zero-order valence-corrected chi connectivity index (χ0v) is 10.2. The van der Waals surface area contributed by atoms with Crippen molar-refractivity contribution in [2.45, 2.75) is 31.5 Å². The Kier molecular flexibility index (Phi) is 5.84. The molecule has 1 atom stereocenters. The highest BCUT2D eigenvalue weighted by Crippen LogP contribution is 2.06. The van der Waals surface area contributed by atoms with Gasteiger partial charge in [0.2, 0.25) is 5.91 Å². The number of carbonyl (C=O) groups is 1. The number of hydrogen-bond acceptors (Lipinski definition) is 5. The molecule has 0 radical (unpaired) electrons. The number of rotatable bonds is 6. The van der Waals surface area contributed by atoms with Crippen molar-refractivity contribution in [3.8, 4) is 0 Å². The number of aliphatic hydroxyl groups excluding tert-OH is 1. The molecule has 1 aliphatic rings. The van der Waals surface area contributed by atoms with Crippen molar-refractivity contribution in [2.75, 3.05) is 32.8 Å². The minimum Gasteiger partial charge on any atom is -0.393 e. The topological polar surface area (TPSA) is 90.8 Å². The first-order valence-electron chi connectivity index (χ1n) is 5.96. The van der Waals surface area contributed by atoms with Crippen LogP contribution < -0.4 is 10.6 Å². The van der Waals surface area contributed by atoms with E-state index in [0.717, 1.165) is 25.9 Å². The van der Waals surface area contributed by atoms with Crippen molar-refractivity contribution in [3.63, 3.8) is 0 Å². The number of piperidine rings is 1. The van der Waals surface area contributed by atoms with Crippen molar-refractivity contribution < 1.29 is 19.7 Å². The van der Waals surface area contributed by atoms with E-state index in [4.69, 9.17) is 9.84 Å². The lowest BCUT2D eigenvalue weighted by molar-refractivity contribution is -0.129. The van der Waals surface area contributed by atoms with Gasteiger partial charge in [0.25, 0.3) is 0 Å². The maximum absolute atomic E-state index is 11.4. The normalized spacial score (nSPS) is 20.9. The summed E-state index contributed by atoms with van der Waals surface area (Å²) < 4.78 is 5.45. The summed E-state index contributed by atoms with van der Waals surface area (Å²) in [4.78, 5) is 11.4. The van der Waals surface area contributed by atoms with Crippen molar-refractivity contribution >= 4 is 5.91 Å². The maximum atomic E-state index is 11.4. The second-order valence-corrected chi connectivity index (χ2v) is 4.69. The van der Waals surface area contributed by atoms with Gasteiger partial charge < -0.3 is 25.6 Å². The molecule has 0 saturated carbocycles. The first kappa shape index (κ1) is 14.4. The second kappa shape index (κ2) is 6.90. The SMILES string of the molecule is CC(O)(CO)CNC(=O)COC1CCNCC1. The Bertz CT molecular complexity index is 240. The minimum absolute atomic E-state index is 0.00613. The van der Waals surface area contributed by atoms with E-state index in [2.05, 4.69) is 10.6 Å². The number of ether oxygens (including phenoxy) is 1. The second-order valence-electron chi connectivity index (χ2n) is 4.69. The molecule has 0 spiro atoms. The molecule has 0 aromatic rings. The van der Waals surface area contributed by atoms with E-state index in [1.165, 1.54) is 6.92 Å². The number of hydrogen-bond donors (Lipinski definition) is 4. The summed E-state index contributed by atoms with van der Waals surface area (Å²) in [5, 5.41) is 24.0. The molecule has 0 aliphatic carbocycles. The monoisotopic (exact) mass is 246 g/mol. The summed E-state index contributed by atoms with van der Waals surface area (Å²) in [6.07, 6.45) is 1.98. The van der Waals surface area contributed by atoms with Gasteiger partial charge >= 0.3 is 0 Å². The molecule has 1 aliphatic heterocycles. The van der Waals surface area contributed by atoms with Crippen LogP contribution in [0.25, 0.3) is 0 Å². The Morgan fingerprint density at radius 2 is 2.18 bits per heavy atom. The first-order valence-corrected chi connectivity index (χ1v) is 5.96. The lowest BCUT2D eigenvalue weighted by atomic mass is 10.1. The highest BCUT2D eigenvalue weighted by molar-refractivity contribution is 5.77. The third kappa shape index (κ3) is 5.97. The van der Waals surface area contributed by atoms with Gasteiger partial charge in [-0.15, -0.1) is 0 Å². The molecule has 1 amide bonds. The molecule has 0 aromatic heterocycles. The third-order valence-corrected chi connectivity index (χ3v) is 2.74. The fourth-order valence-electron chi connectivity index (χ4n) is 1.55. The van der Waals surface area contributed by atoms with Gasteiger partial charge in [-0.3, -0.25) is 4.79 Å². The van der Waals surface area contributed by atoms with Gasteiger partial charge in [-0.05, 0) is 32.9 Å². The summed E-state index contributed by atoms with van der Waals surface area (Å²) in [7, 11) is 0. The van der Waals surface area contributed by atoms with E-state index < -0.39 is 5.60 Å². The van der Waals surface area contributed by atoms with Crippen LogP contribution in [-0.2, 0) is 9.53 Å². The molecule has 1 unspecified atom stereocenters. The van der Waals surface area contributed by atoms with Gasteiger partial charge in [-0.2, -0.15) is 0 Å². The van der Waals surface area contributed by atoms with E-state index in [0.29, 0.717) is 0 Å². The quantitative estimate of drug-likeness (QED) is 0.463. The van der Waals surface area contributed by atoms with Gasteiger partial charge in [-0.1, -0.05) is 0 Å². The summed E-state index contributed by atoms with van der Waals surface area (Å²) in [6, 6.07) is 0. The first-order chi connectivity index (χ1) is 8.03. The van der Waals surface area contributed by atoms with E-state index in [9.17, 15) is 9.90 Å². The average molecular weight is 246 g/mol. The standard InChI is InChI=1S/C11H22N2O4/c1-11(16,8-14)7-13-10(15)6-17-9-2-4-12-5-3-9/h9,12,14,16H,2-8H2,1H3,(H,13,15). The molecule has 1 heterocycles. The third-order valence-electron chi connectivity index (χ3n) is 2.74. The number of carbonyl (C=O) groups excluding carboxylic acids is 1. The fraction of sp³-hybridized carbons (Fsp3) is 0.909. The van der Waals surface area contributed by atoms with Crippen molar-refractivity contribution in [2.24, 2.45) is 0 Å². The van der Waals surface area contributed by atoms with Gasteiger partial charge in [0.1, 0.15) is 12.2 Å². The summed E-state index contributed by atoms with van der Waals surface area (Å²) in [5.74, 6) is -0.266. The van der Waals surface area contributed by atoms with Crippen LogP contribution in [0.5, 0.6) is 0 Å². The Labute approximate surface area is 101 Å². The molecule has 0 bridgehead atoms. The molecule has 0 aromatic carbocycles. The highest BCUT2D eigenvalue weighted by Gasteiger charge is 2.20. The highest BCUT2D eigenvalue weighted by atomic mass is 16.5. The van der Waals surface area contributed by atoms with Crippen molar-refractivity contribution in [3.05, 3.63) is 0 Å².